The molecular formula is C23H30N4O3. The van der Waals surface area contributed by atoms with Gasteiger partial charge in [0.15, 0.2) is 0 Å². The van der Waals surface area contributed by atoms with Crippen LogP contribution in [0.1, 0.15) is 42.7 Å². The molecule has 1 atom stereocenters. The summed E-state index contributed by atoms with van der Waals surface area (Å²) in [6.45, 7) is 2.58. The third-order valence-electron chi connectivity index (χ3n) is 5.51. The average molecular weight is 411 g/mol. The second-order valence-electron chi connectivity index (χ2n) is 7.76. The largest absolute Gasteiger partial charge is 0.481 e. The summed E-state index contributed by atoms with van der Waals surface area (Å²) in [6, 6.07) is 13.6. The van der Waals surface area contributed by atoms with E-state index in [0.29, 0.717) is 26.1 Å². The van der Waals surface area contributed by atoms with E-state index in [-0.39, 0.29) is 18.4 Å². The van der Waals surface area contributed by atoms with Crippen molar-refractivity contribution in [1.82, 2.24) is 14.8 Å². The lowest BCUT2D eigenvalue weighted by Gasteiger charge is -2.27. The number of amides is 2. The number of unbranched alkanes of at least 4 members (excludes halogenated alkanes) is 1. The van der Waals surface area contributed by atoms with Crippen LogP contribution in [0.15, 0.2) is 48.7 Å². The van der Waals surface area contributed by atoms with Crippen molar-refractivity contribution in [3.8, 4) is 0 Å². The predicted molar refractivity (Wildman–Crippen MR) is 116 cm³/mol. The molecule has 1 unspecified atom stereocenters. The van der Waals surface area contributed by atoms with Crippen molar-refractivity contribution in [2.45, 2.75) is 38.1 Å². The van der Waals surface area contributed by atoms with Crippen LogP contribution >= 0.6 is 0 Å². The minimum absolute atomic E-state index is 0.00142. The molecule has 0 bridgehead atoms. The van der Waals surface area contributed by atoms with Gasteiger partial charge in [-0.1, -0.05) is 30.3 Å². The van der Waals surface area contributed by atoms with Crippen molar-refractivity contribution in [2.24, 2.45) is 0 Å². The Bertz CT molecular complexity index is 843. The van der Waals surface area contributed by atoms with Crippen molar-refractivity contribution in [3.05, 3.63) is 59.8 Å². The Kier molecular flexibility index (Phi) is 7.65. The highest BCUT2D eigenvalue weighted by atomic mass is 16.4. The molecule has 0 aliphatic carbocycles. The molecule has 2 amide bonds. The van der Waals surface area contributed by atoms with Gasteiger partial charge >= 0.3 is 12.0 Å². The molecule has 30 heavy (non-hydrogen) atoms. The number of nitrogens with one attached hydrogen (secondary N) is 1. The first-order chi connectivity index (χ1) is 14.5. The van der Waals surface area contributed by atoms with Gasteiger partial charge in [0.05, 0.1) is 6.42 Å². The van der Waals surface area contributed by atoms with Crippen LogP contribution in [0.2, 0.25) is 0 Å². The normalized spacial score (nSPS) is 15.8. The number of hydrogen-bond donors (Lipinski definition) is 2. The molecule has 0 saturated carbocycles. The van der Waals surface area contributed by atoms with Crippen LogP contribution in [0.25, 0.3) is 0 Å². The van der Waals surface area contributed by atoms with Crippen LogP contribution in [0, 0.1) is 0 Å². The van der Waals surface area contributed by atoms with E-state index in [1.165, 1.54) is 0 Å². The smallest absolute Gasteiger partial charge is 0.320 e. The number of nitrogens with zero attached hydrogens (tertiary/aromatic N) is 3. The van der Waals surface area contributed by atoms with Crippen molar-refractivity contribution < 1.29 is 14.7 Å². The SMILES string of the molecule is CN(CCCCNc1ccccn1)C(=O)N1CCC(CC(=O)O)c2ccccc2C1. The Hall–Kier alpha value is -3.09. The van der Waals surface area contributed by atoms with Gasteiger partial charge in [-0.05, 0) is 48.4 Å². The Morgan fingerprint density at radius 3 is 2.77 bits per heavy atom. The number of pyridine rings is 1. The second-order valence-corrected chi connectivity index (χ2v) is 7.76. The first-order valence-electron chi connectivity index (χ1n) is 10.5. The Morgan fingerprint density at radius 1 is 1.20 bits per heavy atom. The first-order valence-corrected chi connectivity index (χ1v) is 10.5. The number of rotatable bonds is 8. The zero-order chi connectivity index (χ0) is 21.3. The molecular weight excluding hydrogens is 380 g/mol. The van der Waals surface area contributed by atoms with Crippen LogP contribution < -0.4 is 5.32 Å². The van der Waals surface area contributed by atoms with Gasteiger partial charge in [-0.15, -0.1) is 0 Å². The highest BCUT2D eigenvalue weighted by Gasteiger charge is 2.27. The molecule has 7 heteroatoms. The zero-order valence-corrected chi connectivity index (χ0v) is 17.5. The molecule has 1 aliphatic rings. The fourth-order valence-electron chi connectivity index (χ4n) is 3.91. The maximum atomic E-state index is 13.0. The lowest BCUT2D eigenvalue weighted by atomic mass is 9.90. The number of carboxylic acids is 1. The van der Waals surface area contributed by atoms with Gasteiger partial charge in [0.25, 0.3) is 0 Å². The Balaban J connectivity index is 1.50. The fourth-order valence-corrected chi connectivity index (χ4v) is 3.91. The Morgan fingerprint density at radius 2 is 2.00 bits per heavy atom. The molecule has 1 aromatic carbocycles. The number of aliphatic carboxylic acids is 1. The van der Waals surface area contributed by atoms with Gasteiger partial charge in [0.1, 0.15) is 5.82 Å². The molecule has 2 aromatic rings. The Labute approximate surface area is 177 Å². The van der Waals surface area contributed by atoms with Crippen molar-refractivity contribution in [3.63, 3.8) is 0 Å². The standard InChI is InChI=1S/C23H30N4O3/c1-26(14-7-6-13-25-21-10-4-5-12-24-21)23(30)27-15-11-18(16-22(28)29)20-9-3-2-8-19(20)17-27/h2-5,8-10,12,18H,6-7,11,13-17H2,1H3,(H,24,25)(H,28,29). The summed E-state index contributed by atoms with van der Waals surface area (Å²) in [6.07, 6.45) is 4.36. The zero-order valence-electron chi connectivity index (χ0n) is 17.5. The maximum Gasteiger partial charge on any atom is 0.320 e. The van der Waals surface area contributed by atoms with Gasteiger partial charge in [0.2, 0.25) is 0 Å². The lowest BCUT2D eigenvalue weighted by Crippen LogP contribution is -2.41. The van der Waals surface area contributed by atoms with Crippen molar-refractivity contribution in [1.29, 1.82) is 0 Å². The van der Waals surface area contributed by atoms with E-state index in [0.717, 1.165) is 36.3 Å². The minimum atomic E-state index is -0.800. The van der Waals surface area contributed by atoms with Crippen LogP contribution in [0.4, 0.5) is 10.6 Å². The topological polar surface area (TPSA) is 85.8 Å². The van der Waals surface area contributed by atoms with E-state index in [4.69, 9.17) is 0 Å². The van der Waals surface area contributed by atoms with Crippen molar-refractivity contribution >= 4 is 17.8 Å². The summed E-state index contributed by atoms with van der Waals surface area (Å²) in [5.41, 5.74) is 2.10. The molecule has 7 nitrogen and oxygen atoms in total. The highest BCUT2D eigenvalue weighted by molar-refractivity contribution is 5.74. The number of fused-ring (bicyclic) bond motifs is 1. The maximum absolute atomic E-state index is 13.0. The molecule has 0 radical (unpaired) electrons. The van der Waals surface area contributed by atoms with E-state index in [2.05, 4.69) is 10.3 Å². The van der Waals surface area contributed by atoms with Gasteiger partial charge in [-0.3, -0.25) is 4.79 Å². The number of carbonyl (C=O) groups excluding carboxylic acids is 1. The third-order valence-corrected chi connectivity index (χ3v) is 5.51. The number of anilines is 1. The molecule has 1 aromatic heterocycles. The van der Waals surface area contributed by atoms with Gasteiger partial charge in [-0.2, -0.15) is 0 Å². The first kappa shape index (κ1) is 21.6. The van der Waals surface area contributed by atoms with Crippen LogP contribution in [-0.2, 0) is 11.3 Å². The molecule has 2 heterocycles. The average Bonchev–Trinajstić information content (AvgIpc) is 2.93. The number of aromatic nitrogens is 1. The lowest BCUT2D eigenvalue weighted by molar-refractivity contribution is -0.137. The number of carbonyl (C=O) groups is 2. The quantitative estimate of drug-likeness (QED) is 0.647. The summed E-state index contributed by atoms with van der Waals surface area (Å²) in [5.74, 6) is 0.00608. The molecule has 3 rings (SSSR count). The molecule has 0 spiro atoms. The van der Waals surface area contributed by atoms with Gasteiger partial charge in [-0.25, -0.2) is 9.78 Å². The molecule has 2 N–H and O–H groups in total. The highest BCUT2D eigenvalue weighted by Crippen LogP contribution is 2.31. The molecule has 160 valence electrons. The number of hydrogen-bond acceptors (Lipinski definition) is 4. The molecule has 0 saturated heterocycles. The summed E-state index contributed by atoms with van der Waals surface area (Å²) in [5, 5.41) is 12.5. The van der Waals surface area contributed by atoms with Gasteiger partial charge < -0.3 is 20.2 Å². The van der Waals surface area contributed by atoms with Crippen LogP contribution in [-0.4, -0.2) is 58.6 Å². The summed E-state index contributed by atoms with van der Waals surface area (Å²) in [4.78, 5) is 32.1. The fraction of sp³-hybridized carbons (Fsp3) is 0.435. The number of benzene rings is 1. The van der Waals surface area contributed by atoms with E-state index >= 15 is 0 Å². The third kappa shape index (κ3) is 5.95. The predicted octanol–water partition coefficient (Wildman–Crippen LogP) is 3.79. The number of urea groups is 1. The molecule has 0 fully saturated rings. The number of carboxylic acid groups (broad SMARTS) is 1. The van der Waals surface area contributed by atoms with E-state index in [9.17, 15) is 14.7 Å². The van der Waals surface area contributed by atoms with Gasteiger partial charge in [0, 0.05) is 39.4 Å². The summed E-state index contributed by atoms with van der Waals surface area (Å²) in [7, 11) is 1.83. The van der Waals surface area contributed by atoms with E-state index in [1.54, 1.807) is 11.1 Å². The van der Waals surface area contributed by atoms with Crippen LogP contribution in [0.3, 0.4) is 0 Å². The summed E-state index contributed by atoms with van der Waals surface area (Å²) < 4.78 is 0. The van der Waals surface area contributed by atoms with Crippen LogP contribution in [0.5, 0.6) is 0 Å². The minimum Gasteiger partial charge on any atom is -0.481 e. The van der Waals surface area contributed by atoms with Crippen molar-refractivity contribution in [2.75, 3.05) is 32.0 Å². The monoisotopic (exact) mass is 410 g/mol. The molecule has 1 aliphatic heterocycles. The second kappa shape index (κ2) is 10.6. The summed E-state index contributed by atoms with van der Waals surface area (Å²) >= 11 is 0. The van der Waals surface area contributed by atoms with E-state index < -0.39 is 5.97 Å². The van der Waals surface area contributed by atoms with E-state index in [1.807, 2.05) is 54.4 Å².